The first-order chi connectivity index (χ1) is 13.1. The minimum Gasteiger partial charge on any atom is -0.339 e. The SMILES string of the molecule is O=C(Nc1cc(Cl)ccc1C(=O)N1CCCCC1)c1cc2ccccc2s1. The number of fused-ring (bicyclic) bond motifs is 1. The Morgan fingerprint density at radius 1 is 1.00 bits per heavy atom. The van der Waals surface area contributed by atoms with Crippen LogP contribution in [0.15, 0.2) is 48.5 Å². The van der Waals surface area contributed by atoms with Gasteiger partial charge in [0.25, 0.3) is 11.8 Å². The van der Waals surface area contributed by atoms with E-state index in [-0.39, 0.29) is 11.8 Å². The van der Waals surface area contributed by atoms with E-state index in [1.807, 2.05) is 35.2 Å². The molecule has 1 aliphatic heterocycles. The number of likely N-dealkylation sites (tertiary alicyclic amines) is 1. The predicted octanol–water partition coefficient (Wildman–Crippen LogP) is 5.43. The van der Waals surface area contributed by atoms with Gasteiger partial charge in [0, 0.05) is 22.8 Å². The Labute approximate surface area is 166 Å². The Kier molecular flexibility index (Phi) is 5.14. The van der Waals surface area contributed by atoms with Crippen molar-refractivity contribution in [3.05, 3.63) is 64.0 Å². The van der Waals surface area contributed by atoms with Gasteiger partial charge in [-0.25, -0.2) is 0 Å². The molecule has 6 heteroatoms. The van der Waals surface area contributed by atoms with Gasteiger partial charge < -0.3 is 10.2 Å². The van der Waals surface area contributed by atoms with E-state index < -0.39 is 0 Å². The predicted molar refractivity (Wildman–Crippen MR) is 111 cm³/mol. The molecule has 1 aromatic heterocycles. The summed E-state index contributed by atoms with van der Waals surface area (Å²) >= 11 is 7.56. The van der Waals surface area contributed by atoms with Crippen molar-refractivity contribution in [1.29, 1.82) is 0 Å². The van der Waals surface area contributed by atoms with Crippen LogP contribution in [0.2, 0.25) is 5.02 Å². The fraction of sp³-hybridized carbons (Fsp3) is 0.238. The molecule has 2 amide bonds. The minimum absolute atomic E-state index is 0.0574. The van der Waals surface area contributed by atoms with E-state index in [1.54, 1.807) is 18.2 Å². The molecule has 2 heterocycles. The zero-order chi connectivity index (χ0) is 18.8. The lowest BCUT2D eigenvalue weighted by molar-refractivity contribution is 0.0725. The highest BCUT2D eigenvalue weighted by molar-refractivity contribution is 7.20. The van der Waals surface area contributed by atoms with Gasteiger partial charge in [-0.05, 0) is 55.0 Å². The molecule has 1 aliphatic rings. The molecule has 0 bridgehead atoms. The summed E-state index contributed by atoms with van der Waals surface area (Å²) in [5, 5.41) is 4.40. The molecule has 138 valence electrons. The number of piperidine rings is 1. The Hall–Kier alpha value is -2.37. The van der Waals surface area contributed by atoms with Crippen molar-refractivity contribution in [1.82, 2.24) is 4.90 Å². The van der Waals surface area contributed by atoms with Crippen molar-refractivity contribution in [3.8, 4) is 0 Å². The summed E-state index contributed by atoms with van der Waals surface area (Å²) in [4.78, 5) is 28.2. The molecule has 2 aromatic carbocycles. The zero-order valence-corrected chi connectivity index (χ0v) is 16.3. The van der Waals surface area contributed by atoms with Crippen molar-refractivity contribution in [3.63, 3.8) is 0 Å². The summed E-state index contributed by atoms with van der Waals surface area (Å²) < 4.78 is 1.05. The van der Waals surface area contributed by atoms with Crippen LogP contribution < -0.4 is 5.32 Å². The van der Waals surface area contributed by atoms with Crippen LogP contribution in [-0.2, 0) is 0 Å². The van der Waals surface area contributed by atoms with E-state index in [1.165, 1.54) is 11.3 Å². The highest BCUT2D eigenvalue weighted by Gasteiger charge is 2.22. The van der Waals surface area contributed by atoms with Gasteiger partial charge in [-0.15, -0.1) is 11.3 Å². The maximum atomic E-state index is 12.9. The third-order valence-corrected chi connectivity index (χ3v) is 6.10. The van der Waals surface area contributed by atoms with E-state index in [4.69, 9.17) is 11.6 Å². The van der Waals surface area contributed by atoms with Gasteiger partial charge >= 0.3 is 0 Å². The number of nitrogens with zero attached hydrogens (tertiary/aromatic N) is 1. The molecule has 0 spiro atoms. The molecule has 1 fully saturated rings. The fourth-order valence-electron chi connectivity index (χ4n) is 3.35. The van der Waals surface area contributed by atoms with E-state index in [2.05, 4.69) is 5.32 Å². The maximum absolute atomic E-state index is 12.9. The van der Waals surface area contributed by atoms with Crippen molar-refractivity contribution in [2.45, 2.75) is 19.3 Å². The second-order valence-electron chi connectivity index (χ2n) is 6.65. The number of thiophene rings is 1. The lowest BCUT2D eigenvalue weighted by Gasteiger charge is -2.27. The highest BCUT2D eigenvalue weighted by Crippen LogP contribution is 2.28. The van der Waals surface area contributed by atoms with Gasteiger partial charge in [0.1, 0.15) is 0 Å². The van der Waals surface area contributed by atoms with Crippen LogP contribution in [0.5, 0.6) is 0 Å². The number of anilines is 1. The monoisotopic (exact) mass is 398 g/mol. The Balaban J connectivity index is 1.61. The molecular formula is C21H19ClN2O2S. The second kappa shape index (κ2) is 7.71. The molecule has 0 saturated carbocycles. The van der Waals surface area contributed by atoms with Crippen molar-refractivity contribution >= 4 is 50.5 Å². The quantitative estimate of drug-likeness (QED) is 0.639. The molecule has 0 unspecified atom stereocenters. The molecule has 0 atom stereocenters. The van der Waals surface area contributed by atoms with Crippen LogP contribution in [-0.4, -0.2) is 29.8 Å². The molecular weight excluding hydrogens is 380 g/mol. The van der Waals surface area contributed by atoms with E-state index in [0.717, 1.165) is 42.4 Å². The topological polar surface area (TPSA) is 49.4 Å². The minimum atomic E-state index is -0.230. The summed E-state index contributed by atoms with van der Waals surface area (Å²) in [6.07, 6.45) is 3.19. The van der Waals surface area contributed by atoms with Gasteiger partial charge in [0.05, 0.1) is 16.1 Å². The number of benzene rings is 2. The fourth-order valence-corrected chi connectivity index (χ4v) is 4.48. The first kappa shape index (κ1) is 18.0. The number of rotatable bonds is 3. The number of carbonyl (C=O) groups is 2. The molecule has 4 nitrogen and oxygen atoms in total. The third kappa shape index (κ3) is 3.84. The molecule has 4 rings (SSSR count). The number of nitrogens with one attached hydrogen (secondary N) is 1. The van der Waals surface area contributed by atoms with Gasteiger partial charge in [-0.3, -0.25) is 9.59 Å². The molecule has 27 heavy (non-hydrogen) atoms. The second-order valence-corrected chi connectivity index (χ2v) is 8.17. The number of hydrogen-bond acceptors (Lipinski definition) is 3. The summed E-state index contributed by atoms with van der Waals surface area (Å²) in [6.45, 7) is 1.51. The van der Waals surface area contributed by atoms with Crippen LogP contribution in [0.25, 0.3) is 10.1 Å². The first-order valence-electron chi connectivity index (χ1n) is 9.00. The summed E-state index contributed by atoms with van der Waals surface area (Å²) in [6, 6.07) is 14.8. The van der Waals surface area contributed by atoms with Crippen LogP contribution in [0.3, 0.4) is 0 Å². The van der Waals surface area contributed by atoms with E-state index in [9.17, 15) is 9.59 Å². The normalized spacial score (nSPS) is 14.3. The number of halogens is 1. The average molecular weight is 399 g/mol. The zero-order valence-electron chi connectivity index (χ0n) is 14.7. The Morgan fingerprint density at radius 3 is 2.56 bits per heavy atom. The molecule has 1 saturated heterocycles. The van der Waals surface area contributed by atoms with Crippen molar-refractivity contribution < 1.29 is 9.59 Å². The summed E-state index contributed by atoms with van der Waals surface area (Å²) in [5.41, 5.74) is 0.941. The first-order valence-corrected chi connectivity index (χ1v) is 10.2. The Morgan fingerprint density at radius 2 is 1.78 bits per heavy atom. The van der Waals surface area contributed by atoms with E-state index >= 15 is 0 Å². The van der Waals surface area contributed by atoms with Crippen molar-refractivity contribution in [2.75, 3.05) is 18.4 Å². The van der Waals surface area contributed by atoms with Gasteiger partial charge in [-0.2, -0.15) is 0 Å². The lowest BCUT2D eigenvalue weighted by Crippen LogP contribution is -2.36. The molecule has 3 aromatic rings. The van der Waals surface area contributed by atoms with Crippen molar-refractivity contribution in [2.24, 2.45) is 0 Å². The van der Waals surface area contributed by atoms with E-state index in [0.29, 0.717) is 21.2 Å². The van der Waals surface area contributed by atoms with Crippen LogP contribution in [0, 0.1) is 0 Å². The third-order valence-electron chi connectivity index (χ3n) is 4.75. The smallest absolute Gasteiger partial charge is 0.265 e. The maximum Gasteiger partial charge on any atom is 0.265 e. The molecule has 0 aliphatic carbocycles. The summed E-state index contributed by atoms with van der Waals surface area (Å²) in [5.74, 6) is -0.288. The summed E-state index contributed by atoms with van der Waals surface area (Å²) in [7, 11) is 0. The molecule has 1 N–H and O–H groups in total. The molecule has 0 radical (unpaired) electrons. The van der Waals surface area contributed by atoms with Gasteiger partial charge in [0.15, 0.2) is 0 Å². The Bertz CT molecular complexity index is 975. The largest absolute Gasteiger partial charge is 0.339 e. The van der Waals surface area contributed by atoms with Crippen LogP contribution >= 0.6 is 22.9 Å². The van der Waals surface area contributed by atoms with Crippen LogP contribution in [0.4, 0.5) is 5.69 Å². The number of carbonyl (C=O) groups excluding carboxylic acids is 2. The van der Waals surface area contributed by atoms with Gasteiger partial charge in [0.2, 0.25) is 0 Å². The standard InChI is InChI=1S/C21H19ClN2O2S/c22-15-8-9-16(21(26)24-10-4-1-5-11-24)17(13-15)23-20(25)19-12-14-6-2-3-7-18(14)27-19/h2-3,6-9,12-13H,1,4-5,10-11H2,(H,23,25). The highest BCUT2D eigenvalue weighted by atomic mass is 35.5. The number of amides is 2. The average Bonchev–Trinajstić information content (AvgIpc) is 3.13. The lowest BCUT2D eigenvalue weighted by atomic mass is 10.1. The van der Waals surface area contributed by atoms with Crippen LogP contribution in [0.1, 0.15) is 39.3 Å². The number of hydrogen-bond donors (Lipinski definition) is 1. The van der Waals surface area contributed by atoms with Gasteiger partial charge in [-0.1, -0.05) is 29.8 Å².